The smallest absolute Gasteiger partial charge is 0.133 e. The number of aromatic amines is 1. The van der Waals surface area contributed by atoms with Gasteiger partial charge in [-0.25, -0.2) is 4.52 Å². The summed E-state index contributed by atoms with van der Waals surface area (Å²) in [6, 6.07) is 8.10. The van der Waals surface area contributed by atoms with Crippen molar-refractivity contribution in [2.24, 2.45) is 0 Å². The topological polar surface area (TPSA) is 33.1 Å². The summed E-state index contributed by atoms with van der Waals surface area (Å²) in [6.45, 7) is 0. The van der Waals surface area contributed by atoms with Crippen LogP contribution in [0.2, 0.25) is 0 Å². The maximum atomic E-state index is 4.13. The van der Waals surface area contributed by atoms with Crippen LogP contribution < -0.4 is 0 Å². The summed E-state index contributed by atoms with van der Waals surface area (Å²) >= 11 is 0. The summed E-state index contributed by atoms with van der Waals surface area (Å²) in [6.07, 6.45) is 3.80. The largest absolute Gasteiger partial charge is 0.340 e. The highest BCUT2D eigenvalue weighted by atomic mass is 15.2. The Kier molecular flexibility index (Phi) is 0.913. The Bertz CT molecular complexity index is 449. The number of nitrogens with zero attached hydrogens (tertiary/aromatic N) is 2. The minimum atomic E-state index is 1.02. The van der Waals surface area contributed by atoms with Gasteiger partial charge < -0.3 is 4.98 Å². The van der Waals surface area contributed by atoms with Crippen LogP contribution in [0.25, 0.3) is 16.9 Å². The molecular weight excluding hydrogens is 150 g/mol. The van der Waals surface area contributed by atoms with Gasteiger partial charge in [0.15, 0.2) is 0 Å². The maximum Gasteiger partial charge on any atom is 0.133 e. The highest BCUT2D eigenvalue weighted by Gasteiger charge is 2.03. The van der Waals surface area contributed by atoms with Crippen LogP contribution in [0.5, 0.6) is 0 Å². The molecule has 0 fully saturated rings. The summed E-state index contributed by atoms with van der Waals surface area (Å²) < 4.78 is 1.84. The lowest BCUT2D eigenvalue weighted by Crippen LogP contribution is -1.91. The monoisotopic (exact) mass is 157 g/mol. The zero-order valence-corrected chi connectivity index (χ0v) is 6.36. The number of rotatable bonds is 0. The predicted molar refractivity (Wildman–Crippen MR) is 46.2 cm³/mol. The van der Waals surface area contributed by atoms with E-state index in [4.69, 9.17) is 0 Å². The van der Waals surface area contributed by atoms with Crippen molar-refractivity contribution in [1.29, 1.82) is 0 Å². The first kappa shape index (κ1) is 5.83. The Morgan fingerprint density at radius 1 is 1.25 bits per heavy atom. The summed E-state index contributed by atoms with van der Waals surface area (Å²) in [5.74, 6) is 0. The molecule has 1 aliphatic heterocycles. The van der Waals surface area contributed by atoms with Crippen molar-refractivity contribution >= 4 is 5.65 Å². The van der Waals surface area contributed by atoms with Gasteiger partial charge in [-0.3, -0.25) is 0 Å². The van der Waals surface area contributed by atoms with Crippen LogP contribution in [-0.2, 0) is 0 Å². The first-order valence-corrected chi connectivity index (χ1v) is 3.84. The molecule has 0 amide bonds. The third kappa shape index (κ3) is 0.625. The van der Waals surface area contributed by atoms with E-state index in [0.717, 1.165) is 11.3 Å². The molecule has 3 nitrogen and oxygen atoms in total. The van der Waals surface area contributed by atoms with Gasteiger partial charge in [-0.15, -0.1) is 0 Å². The molecular formula is C9H7N3. The number of aromatic nitrogens is 3. The molecule has 58 valence electrons. The summed E-state index contributed by atoms with van der Waals surface area (Å²) in [4.78, 5) is 3.27. The van der Waals surface area contributed by atoms with E-state index in [2.05, 4.69) is 22.2 Å². The van der Waals surface area contributed by atoms with Gasteiger partial charge in [0.2, 0.25) is 0 Å². The van der Waals surface area contributed by atoms with Gasteiger partial charge in [-0.1, -0.05) is 12.1 Å². The number of H-pyrrole nitrogens is 1. The molecule has 0 saturated carbocycles. The minimum absolute atomic E-state index is 1.02. The van der Waals surface area contributed by atoms with Gasteiger partial charge in [0.05, 0.1) is 6.20 Å². The first-order valence-electron chi connectivity index (χ1n) is 3.84. The SMILES string of the molecule is c1cc2cn3nccc3[nH]c-2c1. The third-order valence-electron chi connectivity index (χ3n) is 2.04. The molecule has 3 rings (SSSR count). The van der Waals surface area contributed by atoms with E-state index in [1.807, 2.05) is 22.8 Å². The lowest BCUT2D eigenvalue weighted by Gasteiger charge is -2.00. The fourth-order valence-corrected chi connectivity index (χ4v) is 1.45. The second-order valence-corrected chi connectivity index (χ2v) is 2.81. The molecule has 0 radical (unpaired) electrons. The van der Waals surface area contributed by atoms with E-state index >= 15 is 0 Å². The van der Waals surface area contributed by atoms with Gasteiger partial charge in [0.25, 0.3) is 0 Å². The number of fused-ring (bicyclic) bond motifs is 2. The lowest BCUT2D eigenvalue weighted by atomic mass is 10.3. The standard InChI is InChI=1S/C9H7N3/c1-2-7-6-12-9(4-5-10-12)11-8(7)3-1/h1-6,11H. The average molecular weight is 157 g/mol. The quantitative estimate of drug-likeness (QED) is 0.530. The molecule has 0 unspecified atom stereocenters. The van der Waals surface area contributed by atoms with E-state index in [1.54, 1.807) is 6.20 Å². The van der Waals surface area contributed by atoms with Crippen LogP contribution in [-0.4, -0.2) is 14.6 Å². The van der Waals surface area contributed by atoms with Crippen LogP contribution >= 0.6 is 0 Å². The molecule has 1 aromatic rings. The number of hydrogen-bond acceptors (Lipinski definition) is 1. The maximum absolute atomic E-state index is 4.13. The molecule has 0 aromatic carbocycles. The number of nitrogens with one attached hydrogen (secondary N) is 1. The number of hydrogen-bond donors (Lipinski definition) is 1. The molecule has 2 heterocycles. The van der Waals surface area contributed by atoms with Gasteiger partial charge in [0, 0.05) is 23.5 Å². The molecule has 3 heteroatoms. The zero-order chi connectivity index (χ0) is 7.97. The van der Waals surface area contributed by atoms with Gasteiger partial charge in [-0.2, -0.15) is 5.10 Å². The van der Waals surface area contributed by atoms with E-state index < -0.39 is 0 Å². The average Bonchev–Trinajstić information content (AvgIpc) is 2.64. The Hall–Kier alpha value is -1.77. The Labute approximate surface area is 69.0 Å². The molecule has 0 atom stereocenters. The van der Waals surface area contributed by atoms with E-state index in [1.165, 1.54) is 5.56 Å². The molecule has 0 saturated heterocycles. The van der Waals surface area contributed by atoms with Gasteiger partial charge in [-0.05, 0) is 6.07 Å². The van der Waals surface area contributed by atoms with E-state index in [9.17, 15) is 0 Å². The summed E-state index contributed by atoms with van der Waals surface area (Å²) in [5.41, 5.74) is 3.36. The second-order valence-electron chi connectivity index (χ2n) is 2.81. The van der Waals surface area contributed by atoms with Crippen molar-refractivity contribution in [2.45, 2.75) is 0 Å². The lowest BCUT2D eigenvalue weighted by molar-refractivity contribution is 0.942. The Morgan fingerprint density at radius 2 is 2.25 bits per heavy atom. The van der Waals surface area contributed by atoms with E-state index in [-0.39, 0.29) is 0 Å². The summed E-state index contributed by atoms with van der Waals surface area (Å²) in [5, 5.41) is 4.13. The minimum Gasteiger partial charge on any atom is -0.340 e. The molecule has 1 aliphatic carbocycles. The first-order chi connectivity index (χ1) is 5.93. The molecule has 0 spiro atoms. The van der Waals surface area contributed by atoms with Crippen LogP contribution in [0.4, 0.5) is 0 Å². The Morgan fingerprint density at radius 3 is 3.25 bits per heavy atom. The zero-order valence-electron chi connectivity index (χ0n) is 6.36. The molecule has 2 aliphatic rings. The molecule has 1 N–H and O–H groups in total. The fourth-order valence-electron chi connectivity index (χ4n) is 1.45. The van der Waals surface area contributed by atoms with Crippen molar-refractivity contribution in [3.05, 3.63) is 36.7 Å². The van der Waals surface area contributed by atoms with E-state index in [0.29, 0.717) is 0 Å². The molecule has 1 aromatic heterocycles. The van der Waals surface area contributed by atoms with Crippen molar-refractivity contribution < 1.29 is 0 Å². The second kappa shape index (κ2) is 1.88. The van der Waals surface area contributed by atoms with Gasteiger partial charge >= 0.3 is 0 Å². The highest BCUT2D eigenvalue weighted by Crippen LogP contribution is 2.20. The van der Waals surface area contributed by atoms with Crippen LogP contribution in [0, 0.1) is 0 Å². The van der Waals surface area contributed by atoms with Crippen LogP contribution in [0.3, 0.4) is 0 Å². The molecule has 0 bridgehead atoms. The van der Waals surface area contributed by atoms with Crippen molar-refractivity contribution in [1.82, 2.24) is 14.6 Å². The molecule has 12 heavy (non-hydrogen) atoms. The highest BCUT2D eigenvalue weighted by molar-refractivity contribution is 5.64. The van der Waals surface area contributed by atoms with Gasteiger partial charge in [0.1, 0.15) is 5.65 Å². The van der Waals surface area contributed by atoms with Crippen molar-refractivity contribution in [2.75, 3.05) is 0 Å². The summed E-state index contributed by atoms with van der Waals surface area (Å²) in [7, 11) is 0. The van der Waals surface area contributed by atoms with Crippen LogP contribution in [0.1, 0.15) is 0 Å². The van der Waals surface area contributed by atoms with Crippen molar-refractivity contribution in [3.8, 4) is 11.3 Å². The fraction of sp³-hybridized carbons (Fsp3) is 0. The van der Waals surface area contributed by atoms with Crippen molar-refractivity contribution in [3.63, 3.8) is 0 Å². The third-order valence-corrected chi connectivity index (χ3v) is 2.04. The normalized spacial score (nSPS) is 11.3. The Balaban J connectivity index is 2.56. The van der Waals surface area contributed by atoms with Crippen LogP contribution in [0.15, 0.2) is 36.7 Å². The predicted octanol–water partition coefficient (Wildman–Crippen LogP) is 1.77.